The zero-order valence-corrected chi connectivity index (χ0v) is 11.2. The van der Waals surface area contributed by atoms with Crippen molar-refractivity contribution in [1.82, 2.24) is 0 Å². The molecule has 2 nitrogen and oxygen atoms in total. The topological polar surface area (TPSA) is 43.1 Å². The van der Waals surface area contributed by atoms with Gasteiger partial charge in [-0.2, -0.15) is 0 Å². The van der Waals surface area contributed by atoms with E-state index in [-0.39, 0.29) is 5.78 Å². The molecule has 0 spiro atoms. The molecule has 98 valence electrons. The third-order valence-electron chi connectivity index (χ3n) is 3.97. The van der Waals surface area contributed by atoms with Gasteiger partial charge in [-0.3, -0.25) is 4.79 Å². The SMILES string of the molecule is CCC(CN)CCC(=O)c1ccc(C2CC2)cc1. The van der Waals surface area contributed by atoms with E-state index < -0.39 is 0 Å². The molecule has 0 saturated heterocycles. The summed E-state index contributed by atoms with van der Waals surface area (Å²) in [6.07, 6.45) is 5.21. The molecule has 1 unspecified atom stereocenters. The highest BCUT2D eigenvalue weighted by Crippen LogP contribution is 2.39. The summed E-state index contributed by atoms with van der Waals surface area (Å²) in [6, 6.07) is 8.20. The first kappa shape index (κ1) is 13.3. The molecule has 0 aliphatic heterocycles. The molecular weight excluding hydrogens is 222 g/mol. The van der Waals surface area contributed by atoms with Crippen molar-refractivity contribution >= 4 is 5.78 Å². The van der Waals surface area contributed by atoms with Crippen LogP contribution in [0.2, 0.25) is 0 Å². The summed E-state index contributed by atoms with van der Waals surface area (Å²) in [4.78, 5) is 12.0. The van der Waals surface area contributed by atoms with Crippen molar-refractivity contribution in [2.75, 3.05) is 6.54 Å². The number of benzene rings is 1. The van der Waals surface area contributed by atoms with E-state index in [2.05, 4.69) is 19.1 Å². The van der Waals surface area contributed by atoms with Gasteiger partial charge in [-0.05, 0) is 43.2 Å². The minimum Gasteiger partial charge on any atom is -0.330 e. The van der Waals surface area contributed by atoms with E-state index in [1.165, 1.54) is 18.4 Å². The summed E-state index contributed by atoms with van der Waals surface area (Å²) < 4.78 is 0. The van der Waals surface area contributed by atoms with E-state index in [4.69, 9.17) is 5.73 Å². The zero-order valence-electron chi connectivity index (χ0n) is 11.2. The lowest BCUT2D eigenvalue weighted by molar-refractivity contribution is 0.0974. The predicted molar refractivity (Wildman–Crippen MR) is 74.8 cm³/mol. The molecule has 0 amide bonds. The Morgan fingerprint density at radius 2 is 2.00 bits per heavy atom. The van der Waals surface area contributed by atoms with Crippen LogP contribution >= 0.6 is 0 Å². The Balaban J connectivity index is 1.87. The molecule has 2 rings (SSSR count). The third kappa shape index (κ3) is 3.42. The van der Waals surface area contributed by atoms with Gasteiger partial charge in [-0.15, -0.1) is 0 Å². The monoisotopic (exact) mass is 245 g/mol. The lowest BCUT2D eigenvalue weighted by Gasteiger charge is -2.11. The summed E-state index contributed by atoms with van der Waals surface area (Å²) >= 11 is 0. The van der Waals surface area contributed by atoms with Gasteiger partial charge < -0.3 is 5.73 Å². The Morgan fingerprint density at radius 1 is 1.33 bits per heavy atom. The second-order valence-electron chi connectivity index (χ2n) is 5.37. The number of carbonyl (C=O) groups is 1. The van der Waals surface area contributed by atoms with Crippen LogP contribution in [0.1, 0.15) is 60.9 Å². The molecule has 1 atom stereocenters. The minimum absolute atomic E-state index is 0.254. The van der Waals surface area contributed by atoms with Gasteiger partial charge in [0, 0.05) is 12.0 Å². The van der Waals surface area contributed by atoms with Crippen LogP contribution in [0.25, 0.3) is 0 Å². The van der Waals surface area contributed by atoms with Crippen LogP contribution in [0.15, 0.2) is 24.3 Å². The van der Waals surface area contributed by atoms with Gasteiger partial charge in [0.25, 0.3) is 0 Å². The molecule has 1 aromatic carbocycles. The highest BCUT2D eigenvalue weighted by molar-refractivity contribution is 5.96. The Morgan fingerprint density at radius 3 is 2.50 bits per heavy atom. The number of carbonyl (C=O) groups excluding carboxylic acids is 1. The number of hydrogen-bond donors (Lipinski definition) is 1. The molecule has 1 aromatic rings. The van der Waals surface area contributed by atoms with E-state index >= 15 is 0 Å². The molecule has 0 bridgehead atoms. The smallest absolute Gasteiger partial charge is 0.162 e. The average Bonchev–Trinajstić information content (AvgIpc) is 3.24. The zero-order chi connectivity index (χ0) is 13.0. The largest absolute Gasteiger partial charge is 0.330 e. The van der Waals surface area contributed by atoms with Crippen molar-refractivity contribution in [3.05, 3.63) is 35.4 Å². The molecule has 18 heavy (non-hydrogen) atoms. The van der Waals surface area contributed by atoms with Crippen LogP contribution in [-0.2, 0) is 0 Å². The van der Waals surface area contributed by atoms with Gasteiger partial charge >= 0.3 is 0 Å². The molecule has 1 aliphatic rings. The fraction of sp³-hybridized carbons (Fsp3) is 0.562. The Kier molecular flexibility index (Phi) is 4.54. The quantitative estimate of drug-likeness (QED) is 0.747. The number of nitrogens with two attached hydrogens (primary N) is 1. The van der Waals surface area contributed by atoms with Gasteiger partial charge in [-0.25, -0.2) is 0 Å². The molecule has 0 aromatic heterocycles. The summed E-state index contributed by atoms with van der Waals surface area (Å²) in [5.74, 6) is 1.50. The number of Topliss-reactive ketones (excluding diaryl/α,β-unsaturated/α-hetero) is 1. The van der Waals surface area contributed by atoms with E-state index in [9.17, 15) is 4.79 Å². The minimum atomic E-state index is 0.254. The predicted octanol–water partition coefficient (Wildman–Crippen LogP) is 3.51. The molecule has 1 aliphatic carbocycles. The Labute approximate surface area is 110 Å². The van der Waals surface area contributed by atoms with E-state index in [0.29, 0.717) is 18.9 Å². The molecule has 0 heterocycles. The standard InChI is InChI=1S/C16H23NO/c1-2-12(11-17)3-10-16(18)15-8-6-14(7-9-15)13-4-5-13/h6-9,12-13H,2-5,10-11,17H2,1H3. The Bertz CT molecular complexity index is 388. The highest BCUT2D eigenvalue weighted by Gasteiger charge is 2.23. The first-order chi connectivity index (χ1) is 8.74. The van der Waals surface area contributed by atoms with Crippen LogP contribution < -0.4 is 5.73 Å². The second-order valence-corrected chi connectivity index (χ2v) is 5.37. The maximum absolute atomic E-state index is 12.0. The molecule has 2 N–H and O–H groups in total. The van der Waals surface area contributed by atoms with Crippen molar-refractivity contribution in [1.29, 1.82) is 0 Å². The first-order valence-corrected chi connectivity index (χ1v) is 7.07. The van der Waals surface area contributed by atoms with E-state index in [0.717, 1.165) is 24.3 Å². The van der Waals surface area contributed by atoms with Crippen LogP contribution in [0.4, 0.5) is 0 Å². The molecule has 1 saturated carbocycles. The van der Waals surface area contributed by atoms with Gasteiger partial charge in [0.1, 0.15) is 0 Å². The van der Waals surface area contributed by atoms with Crippen molar-refractivity contribution in [3.63, 3.8) is 0 Å². The second kappa shape index (κ2) is 6.14. The van der Waals surface area contributed by atoms with Crippen LogP contribution in [0.3, 0.4) is 0 Å². The first-order valence-electron chi connectivity index (χ1n) is 7.07. The van der Waals surface area contributed by atoms with E-state index in [1.807, 2.05) is 12.1 Å². The normalized spacial score (nSPS) is 16.6. The van der Waals surface area contributed by atoms with Crippen LogP contribution in [0.5, 0.6) is 0 Å². The summed E-state index contributed by atoms with van der Waals surface area (Å²) in [7, 11) is 0. The fourth-order valence-electron chi connectivity index (χ4n) is 2.33. The molecular formula is C16H23NO. The van der Waals surface area contributed by atoms with Gasteiger partial charge in [0.15, 0.2) is 5.78 Å². The van der Waals surface area contributed by atoms with Crippen molar-refractivity contribution in [3.8, 4) is 0 Å². The average molecular weight is 245 g/mol. The van der Waals surface area contributed by atoms with Crippen molar-refractivity contribution in [2.24, 2.45) is 11.7 Å². The highest BCUT2D eigenvalue weighted by atomic mass is 16.1. The van der Waals surface area contributed by atoms with Gasteiger partial charge in [0.2, 0.25) is 0 Å². The lowest BCUT2D eigenvalue weighted by atomic mass is 9.96. The molecule has 1 fully saturated rings. The molecule has 2 heteroatoms. The van der Waals surface area contributed by atoms with E-state index in [1.54, 1.807) is 0 Å². The molecule has 0 radical (unpaired) electrons. The summed E-state index contributed by atoms with van der Waals surface area (Å²) in [6.45, 7) is 2.82. The number of rotatable bonds is 7. The van der Waals surface area contributed by atoms with Crippen molar-refractivity contribution in [2.45, 2.75) is 44.9 Å². The number of ketones is 1. The summed E-state index contributed by atoms with van der Waals surface area (Å²) in [5, 5.41) is 0. The third-order valence-corrected chi connectivity index (χ3v) is 3.97. The van der Waals surface area contributed by atoms with Crippen LogP contribution in [-0.4, -0.2) is 12.3 Å². The van der Waals surface area contributed by atoms with Crippen molar-refractivity contribution < 1.29 is 4.79 Å². The van der Waals surface area contributed by atoms with Gasteiger partial charge in [-0.1, -0.05) is 37.6 Å². The lowest BCUT2D eigenvalue weighted by Crippen LogP contribution is -2.14. The Hall–Kier alpha value is -1.15. The maximum atomic E-state index is 12.0. The number of hydrogen-bond acceptors (Lipinski definition) is 2. The van der Waals surface area contributed by atoms with Gasteiger partial charge in [0.05, 0.1) is 0 Å². The summed E-state index contributed by atoms with van der Waals surface area (Å²) in [5.41, 5.74) is 7.90. The van der Waals surface area contributed by atoms with Crippen LogP contribution in [0, 0.1) is 5.92 Å². The fourth-order valence-corrected chi connectivity index (χ4v) is 2.33. The maximum Gasteiger partial charge on any atom is 0.162 e.